The summed E-state index contributed by atoms with van der Waals surface area (Å²) in [5, 5.41) is 0.156. The number of hydrogen-bond donors (Lipinski definition) is 2. The number of halogens is 2. The first kappa shape index (κ1) is 16.3. The number of anilines is 1. The van der Waals surface area contributed by atoms with Gasteiger partial charge in [0.15, 0.2) is 0 Å². The Balaban J connectivity index is 2.46. The zero-order valence-corrected chi connectivity index (χ0v) is 14.4. The molecule has 0 aliphatic carbocycles. The van der Waals surface area contributed by atoms with Crippen LogP contribution in [0.1, 0.15) is 11.1 Å². The second-order valence-electron chi connectivity index (χ2n) is 4.51. The van der Waals surface area contributed by atoms with Crippen molar-refractivity contribution in [2.45, 2.75) is 18.4 Å². The van der Waals surface area contributed by atoms with Crippen LogP contribution in [0.2, 0.25) is 5.02 Å². The third kappa shape index (κ3) is 3.58. The van der Waals surface area contributed by atoms with Gasteiger partial charge < -0.3 is 5.73 Å². The van der Waals surface area contributed by atoms with Crippen molar-refractivity contribution in [2.24, 2.45) is 5.73 Å². The van der Waals surface area contributed by atoms with Crippen LogP contribution in [0.25, 0.3) is 0 Å². The van der Waals surface area contributed by atoms with Crippen molar-refractivity contribution in [3.05, 3.63) is 57.0 Å². The van der Waals surface area contributed by atoms with Crippen LogP contribution in [0, 0.1) is 6.92 Å². The van der Waals surface area contributed by atoms with E-state index in [1.807, 2.05) is 13.0 Å². The van der Waals surface area contributed by atoms with E-state index >= 15 is 0 Å². The highest BCUT2D eigenvalue weighted by molar-refractivity contribution is 9.10. The van der Waals surface area contributed by atoms with Crippen LogP contribution >= 0.6 is 27.5 Å². The van der Waals surface area contributed by atoms with Crippen LogP contribution in [0.5, 0.6) is 0 Å². The van der Waals surface area contributed by atoms with Gasteiger partial charge in [-0.25, -0.2) is 8.42 Å². The molecule has 0 heterocycles. The van der Waals surface area contributed by atoms with Gasteiger partial charge in [-0.15, -0.1) is 0 Å². The van der Waals surface area contributed by atoms with Crippen molar-refractivity contribution in [2.75, 3.05) is 4.72 Å². The molecule has 0 radical (unpaired) electrons. The highest BCUT2D eigenvalue weighted by Gasteiger charge is 2.19. The van der Waals surface area contributed by atoms with E-state index in [0.717, 1.165) is 5.56 Å². The minimum absolute atomic E-state index is 0.0144. The lowest BCUT2D eigenvalue weighted by atomic mass is 10.2. The molecule has 21 heavy (non-hydrogen) atoms. The Bertz CT molecular complexity index is 779. The van der Waals surface area contributed by atoms with Crippen LogP contribution in [0.3, 0.4) is 0 Å². The highest BCUT2D eigenvalue weighted by Crippen LogP contribution is 2.30. The van der Waals surface area contributed by atoms with E-state index in [2.05, 4.69) is 20.7 Å². The number of rotatable bonds is 4. The summed E-state index contributed by atoms with van der Waals surface area (Å²) in [5.41, 5.74) is 7.63. The Hall–Kier alpha value is -1.08. The van der Waals surface area contributed by atoms with Gasteiger partial charge in [0.2, 0.25) is 0 Å². The third-order valence-electron chi connectivity index (χ3n) is 2.96. The lowest BCUT2D eigenvalue weighted by Gasteiger charge is -2.13. The molecule has 0 aromatic heterocycles. The molecule has 0 saturated carbocycles. The fraction of sp³-hybridized carbons (Fsp3) is 0.143. The van der Waals surface area contributed by atoms with Gasteiger partial charge in [0, 0.05) is 11.0 Å². The number of hydrogen-bond acceptors (Lipinski definition) is 3. The molecule has 2 rings (SSSR count). The smallest absolute Gasteiger partial charge is 0.263 e. The molecule has 0 aliphatic heterocycles. The average molecular weight is 390 g/mol. The van der Waals surface area contributed by atoms with Crippen molar-refractivity contribution in [3.8, 4) is 0 Å². The maximum absolute atomic E-state index is 12.5. The van der Waals surface area contributed by atoms with E-state index in [9.17, 15) is 8.42 Å². The summed E-state index contributed by atoms with van der Waals surface area (Å²) in [6.45, 7) is 2.12. The van der Waals surface area contributed by atoms with Gasteiger partial charge in [0.1, 0.15) is 4.90 Å². The monoisotopic (exact) mass is 388 g/mol. The highest BCUT2D eigenvalue weighted by atomic mass is 79.9. The van der Waals surface area contributed by atoms with Crippen LogP contribution < -0.4 is 10.5 Å². The van der Waals surface area contributed by atoms with Crippen molar-refractivity contribution in [3.63, 3.8) is 0 Å². The van der Waals surface area contributed by atoms with Gasteiger partial charge in [-0.3, -0.25) is 4.72 Å². The fourth-order valence-corrected chi connectivity index (χ4v) is 3.92. The lowest BCUT2D eigenvalue weighted by molar-refractivity contribution is 0.601. The second kappa shape index (κ2) is 6.36. The van der Waals surface area contributed by atoms with Gasteiger partial charge in [0.25, 0.3) is 10.0 Å². The zero-order chi connectivity index (χ0) is 15.6. The number of aryl methyl sites for hydroxylation is 1. The molecule has 0 atom stereocenters. The second-order valence-corrected chi connectivity index (χ2v) is 7.36. The van der Waals surface area contributed by atoms with E-state index < -0.39 is 10.0 Å². The Morgan fingerprint density at radius 2 is 2.00 bits per heavy atom. The van der Waals surface area contributed by atoms with E-state index in [1.165, 1.54) is 12.1 Å². The average Bonchev–Trinajstić information content (AvgIpc) is 2.44. The lowest BCUT2D eigenvalue weighted by Crippen LogP contribution is -2.14. The molecule has 0 amide bonds. The van der Waals surface area contributed by atoms with Crippen LogP contribution in [0.15, 0.2) is 45.8 Å². The van der Waals surface area contributed by atoms with Crippen molar-refractivity contribution >= 4 is 43.2 Å². The molecule has 3 N–H and O–H groups in total. The Labute approximate surface area is 137 Å². The van der Waals surface area contributed by atoms with E-state index in [0.29, 0.717) is 15.7 Å². The largest absolute Gasteiger partial charge is 0.326 e. The van der Waals surface area contributed by atoms with Gasteiger partial charge >= 0.3 is 0 Å². The zero-order valence-electron chi connectivity index (χ0n) is 11.2. The Morgan fingerprint density at radius 3 is 2.67 bits per heavy atom. The quantitative estimate of drug-likeness (QED) is 0.838. The minimum Gasteiger partial charge on any atom is -0.326 e. The summed E-state index contributed by atoms with van der Waals surface area (Å²) < 4.78 is 28.2. The molecule has 4 nitrogen and oxygen atoms in total. The first-order valence-corrected chi connectivity index (χ1v) is 8.77. The van der Waals surface area contributed by atoms with Gasteiger partial charge in [-0.05, 0) is 52.2 Å². The standard InChI is InChI=1S/C14H14BrClN2O2S/c1-9-3-2-4-12(14(9)15)18-21(19,20)13-7-10(8-17)5-6-11(13)16/h2-7,18H,8,17H2,1H3. The summed E-state index contributed by atoms with van der Waals surface area (Å²) in [7, 11) is -3.78. The molecule has 2 aromatic rings. The first-order valence-electron chi connectivity index (χ1n) is 6.11. The summed E-state index contributed by atoms with van der Waals surface area (Å²) in [6.07, 6.45) is 0. The number of benzene rings is 2. The summed E-state index contributed by atoms with van der Waals surface area (Å²) in [5.74, 6) is 0. The molecular weight excluding hydrogens is 376 g/mol. The van der Waals surface area contributed by atoms with Crippen LogP contribution in [-0.2, 0) is 16.6 Å². The van der Waals surface area contributed by atoms with Crippen LogP contribution in [0.4, 0.5) is 5.69 Å². The molecule has 0 unspecified atom stereocenters. The van der Waals surface area contributed by atoms with Crippen molar-refractivity contribution < 1.29 is 8.42 Å². The summed E-state index contributed by atoms with van der Waals surface area (Å²) >= 11 is 9.38. The predicted molar refractivity (Wildman–Crippen MR) is 89.0 cm³/mol. The number of nitrogens with one attached hydrogen (secondary N) is 1. The molecule has 7 heteroatoms. The van der Waals surface area contributed by atoms with Gasteiger partial charge in [-0.2, -0.15) is 0 Å². The van der Waals surface area contributed by atoms with E-state index in [4.69, 9.17) is 17.3 Å². The molecule has 0 saturated heterocycles. The number of nitrogens with two attached hydrogens (primary N) is 1. The maximum atomic E-state index is 12.5. The molecule has 0 bridgehead atoms. The van der Waals surface area contributed by atoms with Crippen LogP contribution in [-0.4, -0.2) is 8.42 Å². The molecule has 2 aromatic carbocycles. The Morgan fingerprint density at radius 1 is 1.29 bits per heavy atom. The topological polar surface area (TPSA) is 72.2 Å². The third-order valence-corrected chi connectivity index (χ3v) is 5.86. The maximum Gasteiger partial charge on any atom is 0.263 e. The molecular formula is C14H14BrClN2O2S. The van der Waals surface area contributed by atoms with E-state index in [1.54, 1.807) is 18.2 Å². The SMILES string of the molecule is Cc1cccc(NS(=O)(=O)c2cc(CN)ccc2Cl)c1Br. The Kier molecular flexibility index (Phi) is 4.93. The van der Waals surface area contributed by atoms with Gasteiger partial charge in [0.05, 0.1) is 10.7 Å². The fourth-order valence-electron chi connectivity index (χ4n) is 1.81. The minimum atomic E-state index is -3.78. The number of sulfonamides is 1. The summed E-state index contributed by atoms with van der Waals surface area (Å²) in [6, 6.07) is 10.0. The van der Waals surface area contributed by atoms with Crippen molar-refractivity contribution in [1.82, 2.24) is 0 Å². The normalized spacial score (nSPS) is 11.4. The molecule has 0 fully saturated rings. The molecule has 112 valence electrons. The predicted octanol–water partition coefficient (Wildman–Crippen LogP) is 3.67. The molecule has 0 aliphatic rings. The first-order chi connectivity index (χ1) is 9.85. The summed E-state index contributed by atoms with van der Waals surface area (Å²) in [4.78, 5) is 0.0144. The van der Waals surface area contributed by atoms with E-state index in [-0.39, 0.29) is 16.5 Å². The van der Waals surface area contributed by atoms with Crippen molar-refractivity contribution in [1.29, 1.82) is 0 Å². The molecule has 0 spiro atoms. The van der Waals surface area contributed by atoms with Gasteiger partial charge in [-0.1, -0.05) is 29.8 Å².